The second kappa shape index (κ2) is 14.2. The highest BCUT2D eigenvalue weighted by atomic mass is 16.2. The molecule has 2 aliphatic heterocycles. The summed E-state index contributed by atoms with van der Waals surface area (Å²) in [6.07, 6.45) is 13.8. The molecule has 4 amide bonds. The van der Waals surface area contributed by atoms with Crippen molar-refractivity contribution in [3.8, 4) is 0 Å². The number of piperidine rings is 1. The zero-order chi connectivity index (χ0) is 33.2. The highest BCUT2D eigenvalue weighted by Gasteiger charge is 2.38. The van der Waals surface area contributed by atoms with Gasteiger partial charge >= 0.3 is 0 Å². The number of carbonyl (C=O) groups is 4. The van der Waals surface area contributed by atoms with E-state index >= 15 is 0 Å². The molecule has 2 fully saturated rings. The fourth-order valence-corrected chi connectivity index (χ4v) is 8.41. The molecule has 47 heavy (non-hydrogen) atoms. The number of carbonyl (C=O) groups excluding carboxylic acids is 4. The first kappa shape index (κ1) is 33.2. The van der Waals surface area contributed by atoms with Crippen LogP contribution in [0.5, 0.6) is 0 Å². The predicted molar refractivity (Wildman–Crippen MR) is 183 cm³/mol. The van der Waals surface area contributed by atoms with Gasteiger partial charge in [-0.25, -0.2) is 0 Å². The average Bonchev–Trinajstić information content (AvgIpc) is 3.49. The SMILES string of the molecule is CC(C)[C@H](NC(=O)[C@H](CCC1CCCCC1)NC(=O)[C@@H]1C=C2c3cccc4[nH]cc(c34)C[C@H]2N(C)C1)C(=O)N1CCCC(C(N)=O)C1. The van der Waals surface area contributed by atoms with E-state index in [0.717, 1.165) is 31.2 Å². The van der Waals surface area contributed by atoms with Crippen LogP contribution in [0, 0.1) is 23.7 Å². The fourth-order valence-electron chi connectivity index (χ4n) is 8.41. The Bertz CT molecular complexity index is 1520. The summed E-state index contributed by atoms with van der Waals surface area (Å²) in [5.74, 6) is -1.49. The quantitative estimate of drug-likeness (QED) is 0.312. The number of aromatic nitrogens is 1. The lowest BCUT2D eigenvalue weighted by atomic mass is 9.79. The smallest absolute Gasteiger partial charge is 0.245 e. The Balaban J connectivity index is 1.20. The van der Waals surface area contributed by atoms with Crippen LogP contribution >= 0.6 is 0 Å². The van der Waals surface area contributed by atoms with E-state index in [1.165, 1.54) is 41.3 Å². The number of H-pyrrole nitrogens is 1. The van der Waals surface area contributed by atoms with E-state index in [1.807, 2.05) is 13.8 Å². The minimum Gasteiger partial charge on any atom is -0.369 e. The Kier molecular flexibility index (Phi) is 10.1. The number of likely N-dealkylation sites (N-methyl/N-ethyl adjacent to an activating group) is 1. The lowest BCUT2D eigenvalue weighted by molar-refractivity contribution is -0.141. The van der Waals surface area contributed by atoms with Crippen molar-refractivity contribution in [3.05, 3.63) is 41.6 Å². The van der Waals surface area contributed by atoms with Gasteiger partial charge in [-0.2, -0.15) is 0 Å². The molecule has 254 valence electrons. The van der Waals surface area contributed by atoms with E-state index in [9.17, 15) is 19.2 Å². The van der Waals surface area contributed by atoms with Gasteiger partial charge in [-0.15, -0.1) is 0 Å². The summed E-state index contributed by atoms with van der Waals surface area (Å²) in [6.45, 7) is 5.20. The summed E-state index contributed by atoms with van der Waals surface area (Å²) in [5, 5.41) is 7.42. The number of rotatable bonds is 10. The first-order valence-corrected chi connectivity index (χ1v) is 17.8. The van der Waals surface area contributed by atoms with Gasteiger partial charge in [0.1, 0.15) is 12.1 Å². The van der Waals surface area contributed by atoms with Crippen LogP contribution in [0.15, 0.2) is 30.5 Å². The van der Waals surface area contributed by atoms with Gasteiger partial charge in [0.25, 0.3) is 0 Å². The Morgan fingerprint density at radius 3 is 2.55 bits per heavy atom. The van der Waals surface area contributed by atoms with E-state index in [2.05, 4.69) is 58.0 Å². The summed E-state index contributed by atoms with van der Waals surface area (Å²) in [6, 6.07) is 4.98. The summed E-state index contributed by atoms with van der Waals surface area (Å²) in [5.41, 5.74) is 10.3. The predicted octanol–water partition coefficient (Wildman–Crippen LogP) is 3.75. The zero-order valence-electron chi connectivity index (χ0n) is 28.2. The Morgan fingerprint density at radius 2 is 1.81 bits per heavy atom. The van der Waals surface area contributed by atoms with Crippen LogP contribution in [0.3, 0.4) is 0 Å². The molecule has 10 nitrogen and oxygen atoms in total. The molecule has 5 atom stereocenters. The molecule has 5 N–H and O–H groups in total. The van der Waals surface area contributed by atoms with Crippen molar-refractivity contribution in [1.82, 2.24) is 25.4 Å². The van der Waals surface area contributed by atoms with Crippen molar-refractivity contribution in [3.63, 3.8) is 0 Å². The van der Waals surface area contributed by atoms with E-state index in [1.54, 1.807) is 4.90 Å². The van der Waals surface area contributed by atoms with Gasteiger partial charge in [-0.05, 0) is 73.8 Å². The molecule has 6 rings (SSSR count). The molecule has 0 bridgehead atoms. The number of nitrogens with zero attached hydrogens (tertiary/aromatic N) is 2. The number of aromatic amines is 1. The number of nitrogens with one attached hydrogen (secondary N) is 3. The van der Waals surface area contributed by atoms with E-state index in [4.69, 9.17) is 5.73 Å². The number of benzene rings is 1. The molecule has 2 aromatic rings. The third-order valence-electron chi connectivity index (χ3n) is 11.2. The number of likely N-dealkylation sites (tertiary alicyclic amines) is 1. The van der Waals surface area contributed by atoms with Crippen LogP contribution in [0.2, 0.25) is 0 Å². The first-order valence-electron chi connectivity index (χ1n) is 17.8. The van der Waals surface area contributed by atoms with Crippen LogP contribution in [-0.4, -0.2) is 83.2 Å². The van der Waals surface area contributed by atoms with E-state index in [-0.39, 0.29) is 42.1 Å². The number of hydrogen-bond acceptors (Lipinski definition) is 5. The summed E-state index contributed by atoms with van der Waals surface area (Å²) in [7, 11) is 2.07. The third-order valence-corrected chi connectivity index (χ3v) is 11.2. The Hall–Kier alpha value is -3.66. The molecule has 1 saturated heterocycles. The third kappa shape index (κ3) is 7.12. The van der Waals surface area contributed by atoms with Crippen molar-refractivity contribution < 1.29 is 19.2 Å². The highest BCUT2D eigenvalue weighted by Crippen LogP contribution is 2.41. The molecule has 1 saturated carbocycles. The number of hydrogen-bond donors (Lipinski definition) is 4. The lowest BCUT2D eigenvalue weighted by Gasteiger charge is -2.39. The van der Waals surface area contributed by atoms with Crippen LogP contribution in [0.25, 0.3) is 16.5 Å². The van der Waals surface area contributed by atoms with Crippen molar-refractivity contribution in [1.29, 1.82) is 0 Å². The first-order chi connectivity index (χ1) is 22.6. The fraction of sp³-hybridized carbons (Fsp3) is 0.622. The lowest BCUT2D eigenvalue weighted by Crippen LogP contribution is -2.58. The molecule has 1 aromatic heterocycles. The molecule has 4 aliphatic rings. The van der Waals surface area contributed by atoms with Gasteiger partial charge < -0.3 is 26.3 Å². The number of primary amides is 1. The topological polar surface area (TPSA) is 141 Å². The number of nitrogens with two attached hydrogens (primary N) is 1. The molecular formula is C37H52N6O4. The van der Waals surface area contributed by atoms with Gasteiger partial charge in [-0.3, -0.25) is 24.1 Å². The van der Waals surface area contributed by atoms with Crippen LogP contribution in [-0.2, 0) is 25.6 Å². The molecule has 3 heterocycles. The summed E-state index contributed by atoms with van der Waals surface area (Å²) in [4.78, 5) is 61.0. The van der Waals surface area contributed by atoms with Crippen LogP contribution in [0.1, 0.15) is 82.8 Å². The molecule has 2 aliphatic carbocycles. The van der Waals surface area contributed by atoms with E-state index in [0.29, 0.717) is 38.3 Å². The van der Waals surface area contributed by atoms with Gasteiger partial charge in [0.2, 0.25) is 23.6 Å². The normalized spacial score (nSPS) is 24.7. The second-order valence-corrected chi connectivity index (χ2v) is 14.8. The summed E-state index contributed by atoms with van der Waals surface area (Å²) >= 11 is 0. The van der Waals surface area contributed by atoms with Gasteiger partial charge in [0.15, 0.2) is 0 Å². The maximum atomic E-state index is 14.0. The number of fused-ring (bicyclic) bond motifs is 2. The van der Waals surface area contributed by atoms with Crippen molar-refractivity contribution in [2.45, 2.75) is 96.2 Å². The van der Waals surface area contributed by atoms with Crippen LogP contribution < -0.4 is 16.4 Å². The minimum absolute atomic E-state index is 0.161. The Morgan fingerprint density at radius 1 is 1.02 bits per heavy atom. The van der Waals surface area contributed by atoms with Crippen LogP contribution in [0.4, 0.5) is 0 Å². The highest BCUT2D eigenvalue weighted by molar-refractivity contribution is 6.00. The molecule has 0 spiro atoms. The Labute approximate surface area is 278 Å². The van der Waals surface area contributed by atoms with Gasteiger partial charge in [-0.1, -0.05) is 64.2 Å². The maximum Gasteiger partial charge on any atom is 0.245 e. The average molecular weight is 645 g/mol. The standard InChI is InChI=1S/C37H52N6O4/c1-22(2)33(37(47)43-16-8-11-24(21-43)34(38)44)41-36(46)30(15-14-23-9-5-4-6-10-23)40-35(45)26-17-28-27-12-7-13-29-32(27)25(19-39-29)18-31(28)42(3)20-26/h7,12-13,17,19,22-24,26,30-31,33,39H,4-6,8-11,14-16,18,20-21H2,1-3H3,(H2,38,44)(H,40,45)(H,41,46)/t24?,26-,30+,31-,33+/m1/s1. The molecule has 10 heteroatoms. The molecule has 0 radical (unpaired) electrons. The van der Waals surface area contributed by atoms with Gasteiger partial charge in [0, 0.05) is 42.8 Å². The monoisotopic (exact) mass is 644 g/mol. The van der Waals surface area contributed by atoms with Gasteiger partial charge in [0.05, 0.1) is 11.8 Å². The van der Waals surface area contributed by atoms with Crippen molar-refractivity contribution in [2.75, 3.05) is 26.7 Å². The molecule has 1 aromatic carbocycles. The summed E-state index contributed by atoms with van der Waals surface area (Å²) < 4.78 is 0. The minimum atomic E-state index is -0.759. The largest absolute Gasteiger partial charge is 0.369 e. The van der Waals surface area contributed by atoms with Crippen molar-refractivity contribution >= 4 is 40.1 Å². The second-order valence-electron chi connectivity index (χ2n) is 14.8. The van der Waals surface area contributed by atoms with Crippen molar-refractivity contribution in [2.24, 2.45) is 29.4 Å². The molecule has 1 unspecified atom stereocenters. The zero-order valence-corrected chi connectivity index (χ0v) is 28.2. The maximum absolute atomic E-state index is 14.0. The number of amides is 4. The van der Waals surface area contributed by atoms with E-state index < -0.39 is 23.9 Å². The molecular weight excluding hydrogens is 592 g/mol.